The van der Waals surface area contributed by atoms with Gasteiger partial charge in [-0.15, -0.1) is 0 Å². The first kappa shape index (κ1) is 14.8. The van der Waals surface area contributed by atoms with Crippen LogP contribution >= 0.6 is 0 Å². The fourth-order valence-corrected chi connectivity index (χ4v) is 2.04. The SMILES string of the molecule is CN1CCCN(C(=O)NC(C)(C)CC(=O)O)CC1. The van der Waals surface area contributed by atoms with Gasteiger partial charge in [-0.1, -0.05) is 0 Å². The van der Waals surface area contributed by atoms with Crippen LogP contribution in [-0.2, 0) is 4.79 Å². The van der Waals surface area contributed by atoms with Gasteiger partial charge in [0.25, 0.3) is 0 Å². The molecule has 0 aromatic heterocycles. The molecule has 1 heterocycles. The normalized spacial score (nSPS) is 18.3. The van der Waals surface area contributed by atoms with Crippen molar-refractivity contribution in [2.24, 2.45) is 0 Å². The molecule has 0 aliphatic carbocycles. The Morgan fingerprint density at radius 3 is 2.50 bits per heavy atom. The van der Waals surface area contributed by atoms with Gasteiger partial charge in [0, 0.05) is 25.2 Å². The number of amides is 2. The summed E-state index contributed by atoms with van der Waals surface area (Å²) in [7, 11) is 2.04. The maximum atomic E-state index is 12.1. The zero-order valence-corrected chi connectivity index (χ0v) is 11.4. The summed E-state index contributed by atoms with van der Waals surface area (Å²) in [5.74, 6) is -0.907. The second-order valence-electron chi connectivity index (χ2n) is 5.53. The molecule has 0 radical (unpaired) electrons. The Hall–Kier alpha value is -1.30. The van der Waals surface area contributed by atoms with Crippen molar-refractivity contribution in [1.82, 2.24) is 15.1 Å². The van der Waals surface area contributed by atoms with Crippen LogP contribution in [0.3, 0.4) is 0 Å². The van der Waals surface area contributed by atoms with E-state index in [0.29, 0.717) is 6.54 Å². The zero-order valence-electron chi connectivity index (χ0n) is 11.4. The summed E-state index contributed by atoms with van der Waals surface area (Å²) >= 11 is 0. The minimum atomic E-state index is -0.907. The fraction of sp³-hybridized carbons (Fsp3) is 0.833. The van der Waals surface area contributed by atoms with Crippen molar-refractivity contribution in [3.63, 3.8) is 0 Å². The third-order valence-electron chi connectivity index (χ3n) is 3.05. The molecule has 0 saturated carbocycles. The number of carbonyl (C=O) groups is 2. The number of hydrogen-bond acceptors (Lipinski definition) is 3. The number of carboxylic acids is 1. The molecule has 0 aromatic rings. The average Bonchev–Trinajstić information content (AvgIpc) is 2.39. The lowest BCUT2D eigenvalue weighted by molar-refractivity contribution is -0.138. The second-order valence-corrected chi connectivity index (χ2v) is 5.53. The molecule has 0 unspecified atom stereocenters. The van der Waals surface area contributed by atoms with Gasteiger partial charge in [-0.3, -0.25) is 4.79 Å². The van der Waals surface area contributed by atoms with Crippen LogP contribution in [0.1, 0.15) is 26.7 Å². The first-order chi connectivity index (χ1) is 8.30. The fourth-order valence-electron chi connectivity index (χ4n) is 2.04. The molecule has 2 N–H and O–H groups in total. The van der Waals surface area contributed by atoms with Crippen molar-refractivity contribution < 1.29 is 14.7 Å². The highest BCUT2D eigenvalue weighted by Crippen LogP contribution is 2.10. The van der Waals surface area contributed by atoms with E-state index >= 15 is 0 Å². The van der Waals surface area contributed by atoms with Crippen LogP contribution in [0.2, 0.25) is 0 Å². The van der Waals surface area contributed by atoms with Crippen LogP contribution in [0.15, 0.2) is 0 Å². The van der Waals surface area contributed by atoms with E-state index < -0.39 is 11.5 Å². The number of hydrogen-bond donors (Lipinski definition) is 2. The van der Waals surface area contributed by atoms with E-state index in [1.165, 1.54) is 0 Å². The van der Waals surface area contributed by atoms with E-state index in [2.05, 4.69) is 10.2 Å². The van der Waals surface area contributed by atoms with Crippen LogP contribution < -0.4 is 5.32 Å². The molecule has 1 fully saturated rings. The van der Waals surface area contributed by atoms with Crippen molar-refractivity contribution in [1.29, 1.82) is 0 Å². The molecule has 0 aromatic carbocycles. The molecule has 6 heteroatoms. The third-order valence-corrected chi connectivity index (χ3v) is 3.05. The predicted octanol–water partition coefficient (Wildman–Crippen LogP) is 0.587. The monoisotopic (exact) mass is 257 g/mol. The highest BCUT2D eigenvalue weighted by atomic mass is 16.4. The number of nitrogens with zero attached hydrogens (tertiary/aromatic N) is 2. The lowest BCUT2D eigenvalue weighted by atomic mass is 10.0. The van der Waals surface area contributed by atoms with E-state index in [1.807, 2.05) is 7.05 Å². The van der Waals surface area contributed by atoms with Gasteiger partial charge in [0.2, 0.25) is 0 Å². The van der Waals surface area contributed by atoms with Crippen molar-refractivity contribution in [2.45, 2.75) is 32.2 Å². The number of likely N-dealkylation sites (N-methyl/N-ethyl adjacent to an activating group) is 1. The minimum Gasteiger partial charge on any atom is -0.481 e. The quantitative estimate of drug-likeness (QED) is 0.776. The number of rotatable bonds is 3. The van der Waals surface area contributed by atoms with Gasteiger partial charge in [-0.2, -0.15) is 0 Å². The molecule has 0 bridgehead atoms. The Kier molecular flexibility index (Phi) is 4.95. The van der Waals surface area contributed by atoms with E-state index in [4.69, 9.17) is 5.11 Å². The molecule has 1 aliphatic heterocycles. The van der Waals surface area contributed by atoms with Crippen LogP contribution in [0, 0.1) is 0 Å². The van der Waals surface area contributed by atoms with Crippen molar-refractivity contribution in [3.05, 3.63) is 0 Å². The minimum absolute atomic E-state index is 0.0769. The molecule has 18 heavy (non-hydrogen) atoms. The van der Waals surface area contributed by atoms with E-state index in [1.54, 1.807) is 18.7 Å². The van der Waals surface area contributed by atoms with Crippen molar-refractivity contribution >= 4 is 12.0 Å². The van der Waals surface area contributed by atoms with Crippen molar-refractivity contribution in [3.8, 4) is 0 Å². The Morgan fingerprint density at radius 2 is 1.89 bits per heavy atom. The molecule has 2 amide bonds. The molecular weight excluding hydrogens is 234 g/mol. The third kappa shape index (κ3) is 4.91. The van der Waals surface area contributed by atoms with Gasteiger partial charge in [0.05, 0.1) is 6.42 Å². The highest BCUT2D eigenvalue weighted by Gasteiger charge is 2.27. The molecule has 1 rings (SSSR count). The topological polar surface area (TPSA) is 72.9 Å². The summed E-state index contributed by atoms with van der Waals surface area (Å²) in [4.78, 5) is 26.7. The number of carbonyl (C=O) groups excluding carboxylic acids is 1. The lowest BCUT2D eigenvalue weighted by Crippen LogP contribution is -2.51. The van der Waals surface area contributed by atoms with E-state index in [0.717, 1.165) is 26.1 Å². The largest absolute Gasteiger partial charge is 0.481 e. The molecule has 6 nitrogen and oxygen atoms in total. The van der Waals surface area contributed by atoms with E-state index in [-0.39, 0.29) is 12.5 Å². The molecule has 1 saturated heterocycles. The Labute approximate surface area is 108 Å². The number of carboxylic acid groups (broad SMARTS) is 1. The lowest BCUT2D eigenvalue weighted by Gasteiger charge is -2.29. The molecule has 1 aliphatic rings. The number of nitrogens with one attached hydrogen (secondary N) is 1. The molecule has 0 atom stereocenters. The number of urea groups is 1. The smallest absolute Gasteiger partial charge is 0.317 e. The second kappa shape index (κ2) is 6.04. The molecule has 0 spiro atoms. The van der Waals surface area contributed by atoms with Gasteiger partial charge < -0.3 is 20.2 Å². The van der Waals surface area contributed by atoms with Crippen LogP contribution in [0.25, 0.3) is 0 Å². The standard InChI is InChI=1S/C12H23N3O3/c1-12(2,9-10(16)17)13-11(18)15-6-4-5-14(3)7-8-15/h4-9H2,1-3H3,(H,13,18)(H,16,17). The van der Waals surface area contributed by atoms with Crippen LogP contribution in [0.5, 0.6) is 0 Å². The van der Waals surface area contributed by atoms with Crippen LogP contribution in [0.4, 0.5) is 4.79 Å². The average molecular weight is 257 g/mol. The maximum Gasteiger partial charge on any atom is 0.317 e. The van der Waals surface area contributed by atoms with E-state index in [9.17, 15) is 9.59 Å². The molecular formula is C12H23N3O3. The van der Waals surface area contributed by atoms with Gasteiger partial charge >= 0.3 is 12.0 Å². The number of aliphatic carboxylic acids is 1. The Bertz CT molecular complexity index is 318. The Morgan fingerprint density at radius 1 is 1.22 bits per heavy atom. The van der Waals surface area contributed by atoms with Gasteiger partial charge in [-0.05, 0) is 33.9 Å². The van der Waals surface area contributed by atoms with Crippen LogP contribution in [-0.4, -0.2) is 65.7 Å². The first-order valence-electron chi connectivity index (χ1n) is 6.27. The predicted molar refractivity (Wildman–Crippen MR) is 68.6 cm³/mol. The van der Waals surface area contributed by atoms with Crippen molar-refractivity contribution in [2.75, 3.05) is 33.2 Å². The van der Waals surface area contributed by atoms with Gasteiger partial charge in [-0.25, -0.2) is 4.79 Å². The summed E-state index contributed by atoms with van der Waals surface area (Å²) in [6, 6.07) is -0.170. The summed E-state index contributed by atoms with van der Waals surface area (Å²) < 4.78 is 0. The van der Waals surface area contributed by atoms with Gasteiger partial charge in [0.1, 0.15) is 0 Å². The zero-order chi connectivity index (χ0) is 13.8. The molecule has 104 valence electrons. The highest BCUT2D eigenvalue weighted by molar-refractivity contribution is 5.76. The first-order valence-corrected chi connectivity index (χ1v) is 6.27. The maximum absolute atomic E-state index is 12.1. The Balaban J connectivity index is 2.51. The summed E-state index contributed by atoms with van der Waals surface area (Å²) in [5, 5.41) is 11.6. The summed E-state index contributed by atoms with van der Waals surface area (Å²) in [5.41, 5.74) is -0.721. The summed E-state index contributed by atoms with van der Waals surface area (Å²) in [6.45, 7) is 6.70. The summed E-state index contributed by atoms with van der Waals surface area (Å²) in [6.07, 6.45) is 0.871. The van der Waals surface area contributed by atoms with Gasteiger partial charge in [0.15, 0.2) is 0 Å².